The second kappa shape index (κ2) is 7.13. The first-order chi connectivity index (χ1) is 13.5. The monoisotopic (exact) mass is 373 g/mol. The van der Waals surface area contributed by atoms with Crippen LogP contribution in [0.5, 0.6) is 5.75 Å². The molecule has 1 amide bonds. The summed E-state index contributed by atoms with van der Waals surface area (Å²) in [5, 5.41) is 11.7. The van der Waals surface area contributed by atoms with Crippen LogP contribution in [0.4, 0.5) is 0 Å². The number of nitrogens with zero attached hydrogens (tertiary/aromatic N) is 1. The smallest absolute Gasteiger partial charge is 0.257 e. The zero-order chi connectivity index (χ0) is 19.7. The molecule has 0 saturated heterocycles. The first-order valence-corrected chi connectivity index (χ1v) is 9.42. The molecule has 3 aromatic carbocycles. The van der Waals surface area contributed by atoms with Gasteiger partial charge in [-0.3, -0.25) is 9.69 Å². The van der Waals surface area contributed by atoms with Crippen LogP contribution in [-0.4, -0.2) is 29.1 Å². The molecule has 4 rings (SSSR count). The molecule has 0 aromatic heterocycles. The highest BCUT2D eigenvalue weighted by molar-refractivity contribution is 6.00. The van der Waals surface area contributed by atoms with Gasteiger partial charge in [0.1, 0.15) is 12.4 Å². The molecule has 142 valence electrons. The number of benzene rings is 3. The van der Waals surface area contributed by atoms with Crippen LogP contribution in [0.3, 0.4) is 0 Å². The second-order valence-corrected chi connectivity index (χ2v) is 7.11. The maximum atomic E-state index is 13.1. The Balaban J connectivity index is 1.65. The van der Waals surface area contributed by atoms with Gasteiger partial charge in [-0.05, 0) is 31.0 Å². The number of carbonyl (C=O) groups is 1. The van der Waals surface area contributed by atoms with Crippen molar-refractivity contribution in [1.82, 2.24) is 4.90 Å². The molecule has 1 N–H and O–H groups in total. The van der Waals surface area contributed by atoms with E-state index < -0.39 is 5.72 Å². The van der Waals surface area contributed by atoms with Crippen molar-refractivity contribution in [3.63, 3.8) is 0 Å². The predicted molar refractivity (Wildman–Crippen MR) is 108 cm³/mol. The summed E-state index contributed by atoms with van der Waals surface area (Å²) < 4.78 is 6.00. The van der Waals surface area contributed by atoms with Crippen LogP contribution >= 0.6 is 0 Å². The van der Waals surface area contributed by atoms with E-state index in [0.29, 0.717) is 23.3 Å². The van der Waals surface area contributed by atoms with Gasteiger partial charge in [0.15, 0.2) is 5.72 Å². The first-order valence-electron chi connectivity index (χ1n) is 9.42. The largest absolute Gasteiger partial charge is 0.491 e. The Morgan fingerprint density at radius 3 is 2.25 bits per heavy atom. The van der Waals surface area contributed by atoms with Gasteiger partial charge < -0.3 is 9.84 Å². The molecule has 0 unspecified atom stereocenters. The number of amides is 1. The van der Waals surface area contributed by atoms with Crippen LogP contribution in [0, 0.1) is 13.8 Å². The molecule has 28 heavy (non-hydrogen) atoms. The summed E-state index contributed by atoms with van der Waals surface area (Å²) in [5.41, 5.74) is 2.40. The minimum absolute atomic E-state index is 0.188. The minimum Gasteiger partial charge on any atom is -0.491 e. The molecule has 1 aliphatic rings. The number of rotatable bonds is 5. The third-order valence-electron chi connectivity index (χ3n) is 5.32. The Kier molecular flexibility index (Phi) is 4.65. The minimum atomic E-state index is -1.50. The van der Waals surface area contributed by atoms with E-state index in [-0.39, 0.29) is 12.5 Å². The van der Waals surface area contributed by atoms with E-state index >= 15 is 0 Å². The lowest BCUT2D eigenvalue weighted by atomic mass is 9.94. The van der Waals surface area contributed by atoms with Crippen molar-refractivity contribution < 1.29 is 14.6 Å². The lowest BCUT2D eigenvalue weighted by Crippen LogP contribution is -2.46. The van der Waals surface area contributed by atoms with E-state index in [1.165, 1.54) is 4.90 Å². The quantitative estimate of drug-likeness (QED) is 0.735. The van der Waals surface area contributed by atoms with E-state index in [1.54, 1.807) is 6.07 Å². The topological polar surface area (TPSA) is 49.8 Å². The molecule has 0 spiro atoms. The van der Waals surface area contributed by atoms with E-state index in [9.17, 15) is 9.90 Å². The Labute approximate surface area is 165 Å². The summed E-state index contributed by atoms with van der Waals surface area (Å²) in [6, 6.07) is 22.5. The number of para-hydroxylation sites is 1. The van der Waals surface area contributed by atoms with Crippen molar-refractivity contribution in [2.24, 2.45) is 0 Å². The number of aryl methyl sites for hydroxylation is 2. The van der Waals surface area contributed by atoms with Crippen molar-refractivity contribution >= 4 is 5.91 Å². The van der Waals surface area contributed by atoms with Crippen molar-refractivity contribution in [1.29, 1.82) is 0 Å². The molecule has 0 aliphatic carbocycles. The van der Waals surface area contributed by atoms with Gasteiger partial charge in [-0.25, -0.2) is 0 Å². The Hall–Kier alpha value is -3.11. The third-order valence-corrected chi connectivity index (χ3v) is 5.32. The summed E-state index contributed by atoms with van der Waals surface area (Å²) in [6.07, 6.45) is 0. The summed E-state index contributed by atoms with van der Waals surface area (Å²) in [5.74, 6) is 0.641. The zero-order valence-electron chi connectivity index (χ0n) is 16.1. The third kappa shape index (κ3) is 2.86. The summed E-state index contributed by atoms with van der Waals surface area (Å²) in [7, 11) is 0. The summed E-state index contributed by atoms with van der Waals surface area (Å²) >= 11 is 0. The fraction of sp³-hybridized carbons (Fsp3) is 0.208. The van der Waals surface area contributed by atoms with Crippen molar-refractivity contribution in [3.8, 4) is 5.75 Å². The lowest BCUT2D eigenvalue weighted by molar-refractivity contribution is -0.0538. The SMILES string of the molecule is Cc1cccc(C)c1OCCN1C(=O)c2ccccc2[C@@]1(O)c1ccccc1. The van der Waals surface area contributed by atoms with Crippen LogP contribution < -0.4 is 4.74 Å². The maximum absolute atomic E-state index is 13.1. The maximum Gasteiger partial charge on any atom is 0.257 e. The first kappa shape index (κ1) is 18.3. The molecule has 0 radical (unpaired) electrons. The highest BCUT2D eigenvalue weighted by Crippen LogP contribution is 2.41. The standard InChI is InChI=1S/C24H23NO3/c1-17-9-8-10-18(2)22(17)28-16-15-25-23(26)20-13-6-7-14-21(20)24(25,27)19-11-4-3-5-12-19/h3-14,27H,15-16H2,1-2H3/t24-/m0/s1. The molecule has 0 bridgehead atoms. The summed E-state index contributed by atoms with van der Waals surface area (Å²) in [4.78, 5) is 14.6. The summed E-state index contributed by atoms with van der Waals surface area (Å²) in [6.45, 7) is 4.56. The van der Waals surface area contributed by atoms with Crippen molar-refractivity contribution in [2.45, 2.75) is 19.6 Å². The molecule has 1 heterocycles. The molecule has 4 heteroatoms. The van der Waals surface area contributed by atoms with Crippen LogP contribution in [0.15, 0.2) is 72.8 Å². The van der Waals surface area contributed by atoms with Gasteiger partial charge in [-0.2, -0.15) is 0 Å². The molecule has 0 fully saturated rings. The number of carbonyl (C=O) groups excluding carboxylic acids is 1. The van der Waals surface area contributed by atoms with Gasteiger partial charge in [0.05, 0.1) is 6.54 Å². The van der Waals surface area contributed by atoms with Crippen LogP contribution in [0.1, 0.15) is 32.6 Å². The molecule has 4 nitrogen and oxygen atoms in total. The average molecular weight is 373 g/mol. The van der Waals surface area contributed by atoms with E-state index in [1.807, 2.05) is 80.6 Å². The van der Waals surface area contributed by atoms with Gasteiger partial charge >= 0.3 is 0 Å². The predicted octanol–water partition coefficient (Wildman–Crippen LogP) is 4.03. The second-order valence-electron chi connectivity index (χ2n) is 7.11. The van der Waals surface area contributed by atoms with Gasteiger partial charge in [0.2, 0.25) is 0 Å². The van der Waals surface area contributed by atoms with Crippen molar-refractivity contribution in [3.05, 3.63) is 101 Å². The number of hydrogen-bond donors (Lipinski definition) is 1. The number of aliphatic hydroxyl groups is 1. The van der Waals surface area contributed by atoms with E-state index in [4.69, 9.17) is 4.74 Å². The molecule has 3 aromatic rings. The van der Waals surface area contributed by atoms with Crippen LogP contribution in [-0.2, 0) is 5.72 Å². The zero-order valence-corrected chi connectivity index (χ0v) is 16.1. The van der Waals surface area contributed by atoms with Gasteiger partial charge in [-0.1, -0.05) is 66.7 Å². The number of hydrogen-bond acceptors (Lipinski definition) is 3. The fourth-order valence-electron chi connectivity index (χ4n) is 3.92. The van der Waals surface area contributed by atoms with E-state index in [2.05, 4.69) is 0 Å². The van der Waals surface area contributed by atoms with Gasteiger partial charge in [0.25, 0.3) is 5.91 Å². The Morgan fingerprint density at radius 2 is 1.54 bits per heavy atom. The van der Waals surface area contributed by atoms with Gasteiger partial charge in [-0.15, -0.1) is 0 Å². The fourth-order valence-corrected chi connectivity index (χ4v) is 3.92. The molecular formula is C24H23NO3. The lowest BCUT2D eigenvalue weighted by Gasteiger charge is -2.34. The molecular weight excluding hydrogens is 350 g/mol. The number of fused-ring (bicyclic) bond motifs is 1. The highest BCUT2D eigenvalue weighted by Gasteiger charge is 2.49. The van der Waals surface area contributed by atoms with E-state index in [0.717, 1.165) is 16.9 Å². The Bertz CT molecular complexity index is 995. The normalized spacial score (nSPS) is 18.2. The molecule has 1 atom stereocenters. The van der Waals surface area contributed by atoms with Gasteiger partial charge in [0, 0.05) is 16.7 Å². The molecule has 1 aliphatic heterocycles. The Morgan fingerprint density at radius 1 is 0.893 bits per heavy atom. The highest BCUT2D eigenvalue weighted by atomic mass is 16.5. The van der Waals surface area contributed by atoms with Crippen LogP contribution in [0.25, 0.3) is 0 Å². The van der Waals surface area contributed by atoms with Crippen molar-refractivity contribution in [2.75, 3.05) is 13.2 Å². The van der Waals surface area contributed by atoms with Crippen LogP contribution in [0.2, 0.25) is 0 Å². The molecule has 0 saturated carbocycles. The average Bonchev–Trinajstić information content (AvgIpc) is 2.94. The number of ether oxygens (including phenoxy) is 1.